The predicted octanol–water partition coefficient (Wildman–Crippen LogP) is 0.239. The molecular weight excluding hydrogens is 180 g/mol. The largest absolute Gasteiger partial charge is 0.382 e. The number of methoxy groups -OCH3 is 1. The average molecular weight is 204 g/mol. The molecular formula is C10H24N2O2. The van der Waals surface area contributed by atoms with Gasteiger partial charge in [0.1, 0.15) is 0 Å². The molecule has 0 aromatic rings. The number of nitrogens with one attached hydrogen (secondary N) is 2. The summed E-state index contributed by atoms with van der Waals surface area (Å²) < 4.78 is 10.2. The van der Waals surface area contributed by atoms with Crippen molar-refractivity contribution in [2.75, 3.05) is 53.1 Å². The summed E-state index contributed by atoms with van der Waals surface area (Å²) in [6.45, 7) is 8.36. The van der Waals surface area contributed by atoms with E-state index in [0.29, 0.717) is 13.2 Å². The van der Waals surface area contributed by atoms with Crippen molar-refractivity contribution in [3.8, 4) is 0 Å². The minimum atomic E-state index is 0.679. The third kappa shape index (κ3) is 11.8. The maximum absolute atomic E-state index is 5.29. The summed E-state index contributed by atoms with van der Waals surface area (Å²) in [6, 6.07) is 0. The summed E-state index contributed by atoms with van der Waals surface area (Å²) in [5.41, 5.74) is 0. The highest BCUT2D eigenvalue weighted by atomic mass is 16.5. The Balaban J connectivity index is 2.78. The molecule has 0 unspecified atom stereocenters. The molecule has 0 bridgehead atoms. The van der Waals surface area contributed by atoms with Crippen molar-refractivity contribution in [2.24, 2.45) is 0 Å². The summed E-state index contributed by atoms with van der Waals surface area (Å²) in [7, 11) is 1.68. The monoisotopic (exact) mass is 204 g/mol. The quantitative estimate of drug-likeness (QED) is 0.473. The molecule has 2 N–H and O–H groups in total. The maximum atomic E-state index is 5.29. The molecule has 0 rings (SSSR count). The lowest BCUT2D eigenvalue weighted by molar-refractivity contribution is 0.0721. The minimum Gasteiger partial charge on any atom is -0.382 e. The third-order valence-electron chi connectivity index (χ3n) is 1.76. The molecule has 14 heavy (non-hydrogen) atoms. The van der Waals surface area contributed by atoms with Crippen LogP contribution in [0.15, 0.2) is 0 Å². The van der Waals surface area contributed by atoms with Gasteiger partial charge in [-0.3, -0.25) is 0 Å². The van der Waals surface area contributed by atoms with Gasteiger partial charge in [0.2, 0.25) is 0 Å². The van der Waals surface area contributed by atoms with Crippen LogP contribution in [-0.2, 0) is 9.47 Å². The minimum absolute atomic E-state index is 0.679. The van der Waals surface area contributed by atoms with Crippen LogP contribution >= 0.6 is 0 Å². The molecule has 0 saturated carbocycles. The van der Waals surface area contributed by atoms with Gasteiger partial charge in [0.25, 0.3) is 0 Å². The molecule has 4 nitrogen and oxygen atoms in total. The van der Waals surface area contributed by atoms with Crippen molar-refractivity contribution in [3.05, 3.63) is 0 Å². The molecule has 0 amide bonds. The second kappa shape index (κ2) is 12.8. The Labute approximate surface area is 87.4 Å². The molecule has 0 atom stereocenters. The lowest BCUT2D eigenvalue weighted by Gasteiger charge is -2.06. The second-order valence-corrected chi connectivity index (χ2v) is 3.11. The number of hydrogen-bond donors (Lipinski definition) is 2. The lowest BCUT2D eigenvalue weighted by atomic mass is 10.4. The Morgan fingerprint density at radius 3 is 2.21 bits per heavy atom. The Morgan fingerprint density at radius 2 is 1.57 bits per heavy atom. The van der Waals surface area contributed by atoms with Crippen LogP contribution in [0.3, 0.4) is 0 Å². The van der Waals surface area contributed by atoms with E-state index >= 15 is 0 Å². The normalized spacial score (nSPS) is 10.7. The first-order valence-electron chi connectivity index (χ1n) is 5.40. The first-order chi connectivity index (χ1) is 6.91. The van der Waals surface area contributed by atoms with E-state index in [2.05, 4.69) is 17.6 Å². The second-order valence-electron chi connectivity index (χ2n) is 3.11. The van der Waals surface area contributed by atoms with Crippen LogP contribution in [-0.4, -0.2) is 53.1 Å². The molecule has 0 fully saturated rings. The SMILES string of the molecule is CCCNCCNCCOCCOC. The standard InChI is InChI=1S/C10H24N2O2/c1-3-4-11-5-6-12-7-8-14-10-9-13-2/h11-12H,3-10H2,1-2H3. The van der Waals surface area contributed by atoms with Crippen LogP contribution in [0.1, 0.15) is 13.3 Å². The van der Waals surface area contributed by atoms with Crippen LogP contribution < -0.4 is 10.6 Å². The van der Waals surface area contributed by atoms with E-state index in [1.54, 1.807) is 7.11 Å². The van der Waals surface area contributed by atoms with Crippen molar-refractivity contribution in [1.82, 2.24) is 10.6 Å². The van der Waals surface area contributed by atoms with Crippen LogP contribution in [0.5, 0.6) is 0 Å². The van der Waals surface area contributed by atoms with Crippen LogP contribution in [0.25, 0.3) is 0 Å². The molecule has 0 aromatic heterocycles. The van der Waals surface area contributed by atoms with Crippen molar-refractivity contribution in [1.29, 1.82) is 0 Å². The maximum Gasteiger partial charge on any atom is 0.0700 e. The summed E-state index contributed by atoms with van der Waals surface area (Å²) in [5, 5.41) is 6.62. The molecule has 0 aromatic carbocycles. The fraction of sp³-hybridized carbons (Fsp3) is 1.00. The molecule has 0 heterocycles. The van der Waals surface area contributed by atoms with Gasteiger partial charge in [-0.25, -0.2) is 0 Å². The Hall–Kier alpha value is -0.160. The smallest absolute Gasteiger partial charge is 0.0700 e. The Morgan fingerprint density at radius 1 is 0.857 bits per heavy atom. The van der Waals surface area contributed by atoms with Gasteiger partial charge in [-0.2, -0.15) is 0 Å². The topological polar surface area (TPSA) is 42.5 Å². The summed E-state index contributed by atoms with van der Waals surface area (Å²) >= 11 is 0. The highest BCUT2D eigenvalue weighted by Crippen LogP contribution is 1.74. The highest BCUT2D eigenvalue weighted by Gasteiger charge is 1.88. The summed E-state index contributed by atoms with van der Waals surface area (Å²) in [5.74, 6) is 0. The molecule has 4 heteroatoms. The van der Waals surface area contributed by atoms with Crippen molar-refractivity contribution < 1.29 is 9.47 Å². The van der Waals surface area contributed by atoms with E-state index in [0.717, 1.165) is 32.8 Å². The van der Waals surface area contributed by atoms with E-state index in [4.69, 9.17) is 9.47 Å². The predicted molar refractivity (Wildman–Crippen MR) is 58.7 cm³/mol. The molecule has 0 aliphatic rings. The average Bonchev–Trinajstić information content (AvgIpc) is 2.21. The van der Waals surface area contributed by atoms with Crippen molar-refractivity contribution in [3.63, 3.8) is 0 Å². The van der Waals surface area contributed by atoms with Gasteiger partial charge < -0.3 is 20.1 Å². The Bertz CT molecular complexity index is 90.1. The third-order valence-corrected chi connectivity index (χ3v) is 1.76. The van der Waals surface area contributed by atoms with E-state index in [1.165, 1.54) is 6.42 Å². The van der Waals surface area contributed by atoms with Crippen molar-refractivity contribution >= 4 is 0 Å². The fourth-order valence-corrected chi connectivity index (χ4v) is 0.992. The van der Waals surface area contributed by atoms with E-state index in [1.807, 2.05) is 0 Å². The van der Waals surface area contributed by atoms with Crippen molar-refractivity contribution in [2.45, 2.75) is 13.3 Å². The van der Waals surface area contributed by atoms with E-state index in [-0.39, 0.29) is 0 Å². The number of hydrogen-bond acceptors (Lipinski definition) is 4. The number of rotatable bonds is 11. The summed E-state index contributed by atoms with van der Waals surface area (Å²) in [6.07, 6.45) is 1.19. The van der Waals surface area contributed by atoms with Gasteiger partial charge >= 0.3 is 0 Å². The lowest BCUT2D eigenvalue weighted by Crippen LogP contribution is -2.30. The highest BCUT2D eigenvalue weighted by molar-refractivity contribution is 4.50. The van der Waals surface area contributed by atoms with Gasteiger partial charge in [-0.05, 0) is 13.0 Å². The van der Waals surface area contributed by atoms with Crippen LogP contribution in [0, 0.1) is 0 Å². The molecule has 0 radical (unpaired) electrons. The zero-order chi connectivity index (χ0) is 10.5. The summed E-state index contributed by atoms with van der Waals surface area (Å²) in [4.78, 5) is 0. The zero-order valence-electron chi connectivity index (χ0n) is 9.47. The molecule has 0 spiro atoms. The number of ether oxygens (including phenoxy) is 2. The van der Waals surface area contributed by atoms with E-state index in [9.17, 15) is 0 Å². The van der Waals surface area contributed by atoms with Gasteiger partial charge in [-0.15, -0.1) is 0 Å². The Kier molecular flexibility index (Phi) is 12.7. The molecule has 86 valence electrons. The first kappa shape index (κ1) is 13.8. The zero-order valence-corrected chi connectivity index (χ0v) is 9.47. The molecule has 0 aliphatic heterocycles. The van der Waals surface area contributed by atoms with Gasteiger partial charge in [-0.1, -0.05) is 6.92 Å². The molecule has 0 saturated heterocycles. The van der Waals surface area contributed by atoms with E-state index < -0.39 is 0 Å². The van der Waals surface area contributed by atoms with Gasteiger partial charge in [0, 0.05) is 26.7 Å². The molecule has 0 aliphatic carbocycles. The van der Waals surface area contributed by atoms with Gasteiger partial charge in [0.05, 0.1) is 19.8 Å². The van der Waals surface area contributed by atoms with Gasteiger partial charge in [0.15, 0.2) is 0 Å². The van der Waals surface area contributed by atoms with Crippen LogP contribution in [0.2, 0.25) is 0 Å². The fourth-order valence-electron chi connectivity index (χ4n) is 0.992. The van der Waals surface area contributed by atoms with Crippen LogP contribution in [0.4, 0.5) is 0 Å². The first-order valence-corrected chi connectivity index (χ1v) is 5.40.